The summed E-state index contributed by atoms with van der Waals surface area (Å²) < 4.78 is 0. The second-order valence-corrected chi connectivity index (χ2v) is 3.06. The van der Waals surface area contributed by atoms with Crippen LogP contribution in [0.1, 0.15) is 0 Å². The molecule has 4 nitrogen and oxygen atoms in total. The van der Waals surface area contributed by atoms with Crippen LogP contribution < -0.4 is 10.7 Å². The van der Waals surface area contributed by atoms with Crippen molar-refractivity contribution in [3.63, 3.8) is 0 Å². The van der Waals surface area contributed by atoms with Gasteiger partial charge in [-0.15, -0.1) is 0 Å². The number of hydrogen-bond donors (Lipinski definition) is 2. The Morgan fingerprint density at radius 2 is 2.15 bits per heavy atom. The van der Waals surface area contributed by atoms with E-state index in [0.29, 0.717) is 0 Å². The van der Waals surface area contributed by atoms with E-state index in [9.17, 15) is 0 Å². The van der Waals surface area contributed by atoms with Crippen LogP contribution in [0.25, 0.3) is 0 Å². The molecule has 1 aromatic rings. The average Bonchev–Trinajstić information content (AvgIpc) is 2.21. The number of rotatable bonds is 2. The van der Waals surface area contributed by atoms with Crippen LogP contribution in [0.15, 0.2) is 24.4 Å². The van der Waals surface area contributed by atoms with E-state index in [1.165, 1.54) is 0 Å². The number of hydrogen-bond acceptors (Lipinski definition) is 4. The number of piperazine rings is 1. The lowest BCUT2D eigenvalue weighted by Crippen LogP contribution is -2.46. The lowest BCUT2D eigenvalue weighted by Gasteiger charge is -2.27. The van der Waals surface area contributed by atoms with Crippen LogP contribution in [0.4, 0.5) is 5.82 Å². The molecule has 0 aliphatic carbocycles. The first-order chi connectivity index (χ1) is 6.45. The summed E-state index contributed by atoms with van der Waals surface area (Å²) in [6, 6.07) is 5.88. The van der Waals surface area contributed by atoms with Gasteiger partial charge >= 0.3 is 0 Å². The van der Waals surface area contributed by atoms with Crippen molar-refractivity contribution >= 4 is 5.82 Å². The Balaban J connectivity index is 1.90. The van der Waals surface area contributed by atoms with Crippen molar-refractivity contribution in [2.24, 2.45) is 0 Å². The first kappa shape index (κ1) is 8.47. The number of nitrogens with zero attached hydrogens (tertiary/aromatic N) is 2. The summed E-state index contributed by atoms with van der Waals surface area (Å²) in [5.41, 5.74) is 3.26. The summed E-state index contributed by atoms with van der Waals surface area (Å²) >= 11 is 0. The van der Waals surface area contributed by atoms with Gasteiger partial charge in [0, 0.05) is 32.4 Å². The van der Waals surface area contributed by atoms with Crippen LogP contribution >= 0.6 is 0 Å². The van der Waals surface area contributed by atoms with Gasteiger partial charge in [-0.25, -0.2) is 9.99 Å². The van der Waals surface area contributed by atoms with Gasteiger partial charge in [0.15, 0.2) is 0 Å². The Morgan fingerprint density at radius 1 is 1.31 bits per heavy atom. The van der Waals surface area contributed by atoms with Crippen molar-refractivity contribution in [2.45, 2.75) is 0 Å². The Kier molecular flexibility index (Phi) is 2.74. The minimum Gasteiger partial charge on any atom is -0.314 e. The highest BCUT2D eigenvalue weighted by Gasteiger charge is 2.08. The van der Waals surface area contributed by atoms with E-state index in [0.717, 1.165) is 32.0 Å². The molecule has 1 saturated heterocycles. The van der Waals surface area contributed by atoms with E-state index in [1.54, 1.807) is 6.20 Å². The molecule has 13 heavy (non-hydrogen) atoms. The number of anilines is 1. The zero-order valence-electron chi connectivity index (χ0n) is 7.53. The third-order valence-corrected chi connectivity index (χ3v) is 2.05. The molecular weight excluding hydrogens is 164 g/mol. The molecule has 0 bridgehead atoms. The van der Waals surface area contributed by atoms with Crippen molar-refractivity contribution in [3.8, 4) is 0 Å². The lowest BCUT2D eigenvalue weighted by atomic mass is 10.4. The Bertz CT molecular complexity index is 243. The normalized spacial score (nSPS) is 18.5. The van der Waals surface area contributed by atoms with Crippen LogP contribution in [-0.4, -0.2) is 36.2 Å². The molecule has 2 rings (SSSR count). The third kappa shape index (κ3) is 2.40. The fourth-order valence-corrected chi connectivity index (χ4v) is 1.37. The smallest absolute Gasteiger partial charge is 0.140 e. The first-order valence-corrected chi connectivity index (χ1v) is 4.58. The minimum absolute atomic E-state index is 0.921. The van der Waals surface area contributed by atoms with E-state index in [2.05, 4.69) is 20.7 Å². The summed E-state index contributed by atoms with van der Waals surface area (Å²) in [7, 11) is 0. The number of hydrazine groups is 1. The maximum absolute atomic E-state index is 4.20. The van der Waals surface area contributed by atoms with Crippen LogP contribution in [0.5, 0.6) is 0 Å². The highest BCUT2D eigenvalue weighted by molar-refractivity contribution is 5.31. The highest BCUT2D eigenvalue weighted by atomic mass is 15.5. The molecule has 1 aromatic heterocycles. The van der Waals surface area contributed by atoms with Gasteiger partial charge in [-0.2, -0.15) is 0 Å². The van der Waals surface area contributed by atoms with Gasteiger partial charge in [0.2, 0.25) is 0 Å². The van der Waals surface area contributed by atoms with Gasteiger partial charge in [-0.1, -0.05) is 6.07 Å². The zero-order chi connectivity index (χ0) is 8.93. The van der Waals surface area contributed by atoms with Crippen LogP contribution in [-0.2, 0) is 0 Å². The molecule has 1 aliphatic heterocycles. The Labute approximate surface area is 77.9 Å². The number of pyridine rings is 1. The lowest BCUT2D eigenvalue weighted by molar-refractivity contribution is 0.286. The second-order valence-electron chi connectivity index (χ2n) is 3.06. The summed E-state index contributed by atoms with van der Waals surface area (Å²) in [5, 5.41) is 5.48. The molecular formula is C9H14N4. The molecule has 0 radical (unpaired) electrons. The predicted octanol–water partition coefficient (Wildman–Crippen LogP) is 0.314. The summed E-state index contributed by atoms with van der Waals surface area (Å²) in [6.45, 7) is 4.13. The van der Waals surface area contributed by atoms with Gasteiger partial charge in [-0.05, 0) is 12.1 Å². The molecule has 2 heterocycles. The van der Waals surface area contributed by atoms with Crippen molar-refractivity contribution in [2.75, 3.05) is 31.6 Å². The van der Waals surface area contributed by atoms with Crippen molar-refractivity contribution in [1.82, 2.24) is 15.3 Å². The molecule has 0 spiro atoms. The molecule has 1 aliphatic rings. The van der Waals surface area contributed by atoms with E-state index in [-0.39, 0.29) is 0 Å². The highest BCUT2D eigenvalue weighted by Crippen LogP contribution is 2.02. The quantitative estimate of drug-likeness (QED) is 0.684. The Hall–Kier alpha value is -1.13. The van der Waals surface area contributed by atoms with Gasteiger partial charge in [0.1, 0.15) is 5.82 Å². The van der Waals surface area contributed by atoms with Crippen molar-refractivity contribution in [3.05, 3.63) is 24.4 Å². The molecule has 1 fully saturated rings. The average molecular weight is 178 g/mol. The van der Waals surface area contributed by atoms with E-state index in [4.69, 9.17) is 0 Å². The van der Waals surface area contributed by atoms with Crippen molar-refractivity contribution < 1.29 is 0 Å². The second kappa shape index (κ2) is 4.20. The first-order valence-electron chi connectivity index (χ1n) is 4.58. The molecule has 70 valence electrons. The summed E-state index contributed by atoms with van der Waals surface area (Å²) in [6.07, 6.45) is 1.80. The summed E-state index contributed by atoms with van der Waals surface area (Å²) in [5.74, 6) is 0.921. The Morgan fingerprint density at radius 3 is 2.85 bits per heavy atom. The van der Waals surface area contributed by atoms with Gasteiger partial charge in [0.25, 0.3) is 0 Å². The predicted molar refractivity (Wildman–Crippen MR) is 52.3 cm³/mol. The molecule has 2 N–H and O–H groups in total. The fourth-order valence-electron chi connectivity index (χ4n) is 1.37. The topological polar surface area (TPSA) is 40.2 Å². The van der Waals surface area contributed by atoms with E-state index < -0.39 is 0 Å². The maximum Gasteiger partial charge on any atom is 0.140 e. The molecule has 0 atom stereocenters. The molecule has 0 unspecified atom stereocenters. The third-order valence-electron chi connectivity index (χ3n) is 2.05. The maximum atomic E-state index is 4.20. The van der Waals surface area contributed by atoms with Gasteiger partial charge < -0.3 is 10.7 Å². The van der Waals surface area contributed by atoms with Gasteiger partial charge in [-0.3, -0.25) is 0 Å². The van der Waals surface area contributed by atoms with E-state index >= 15 is 0 Å². The summed E-state index contributed by atoms with van der Waals surface area (Å²) in [4.78, 5) is 4.20. The van der Waals surface area contributed by atoms with E-state index in [1.807, 2.05) is 18.2 Å². The number of aromatic nitrogens is 1. The monoisotopic (exact) mass is 178 g/mol. The zero-order valence-corrected chi connectivity index (χ0v) is 7.53. The van der Waals surface area contributed by atoms with Crippen LogP contribution in [0.3, 0.4) is 0 Å². The van der Waals surface area contributed by atoms with Crippen molar-refractivity contribution in [1.29, 1.82) is 0 Å². The largest absolute Gasteiger partial charge is 0.314 e. The van der Waals surface area contributed by atoms with Crippen LogP contribution in [0, 0.1) is 0 Å². The minimum atomic E-state index is 0.921. The standard InChI is InChI=1S/C9H14N4/c1-2-4-11-9(3-1)12-13-7-5-10-6-8-13/h1-4,10H,5-8H2,(H,11,12). The van der Waals surface area contributed by atoms with Gasteiger partial charge in [0.05, 0.1) is 0 Å². The molecule has 0 amide bonds. The SMILES string of the molecule is c1ccc(NN2CCNCC2)nc1. The molecule has 0 saturated carbocycles. The molecule has 4 heteroatoms. The molecule has 0 aromatic carbocycles. The number of nitrogens with one attached hydrogen (secondary N) is 2. The van der Waals surface area contributed by atoms with Crippen LogP contribution in [0.2, 0.25) is 0 Å². The fraction of sp³-hybridized carbons (Fsp3) is 0.444.